The predicted molar refractivity (Wildman–Crippen MR) is 62.1 cm³/mol. The smallest absolute Gasteiger partial charge is 0.134 e. The van der Waals surface area contributed by atoms with Gasteiger partial charge in [-0.25, -0.2) is 0 Å². The van der Waals surface area contributed by atoms with Crippen molar-refractivity contribution >= 4 is 11.3 Å². The summed E-state index contributed by atoms with van der Waals surface area (Å²) in [5.74, 6) is 1.59. The second-order valence-electron chi connectivity index (χ2n) is 3.63. The van der Waals surface area contributed by atoms with Crippen molar-refractivity contribution in [2.24, 2.45) is 5.92 Å². The van der Waals surface area contributed by atoms with E-state index in [0.717, 1.165) is 12.3 Å². The second-order valence-corrected chi connectivity index (χ2v) is 4.58. The minimum absolute atomic E-state index is 0.412. The molecule has 1 N–H and O–H groups in total. The van der Waals surface area contributed by atoms with Gasteiger partial charge in [-0.3, -0.25) is 0 Å². The van der Waals surface area contributed by atoms with Crippen LogP contribution in [0.2, 0.25) is 0 Å². The Bertz CT molecular complexity index is 270. The minimum Gasteiger partial charge on any atom is -0.496 e. The first-order chi connectivity index (χ1) is 6.70. The van der Waals surface area contributed by atoms with Crippen LogP contribution in [-0.4, -0.2) is 13.7 Å². The first-order valence-corrected chi connectivity index (χ1v) is 5.93. The summed E-state index contributed by atoms with van der Waals surface area (Å²) in [5, 5.41) is 5.57. The topological polar surface area (TPSA) is 21.3 Å². The molecule has 80 valence electrons. The number of nitrogens with one attached hydrogen (secondary N) is 1. The first kappa shape index (κ1) is 11.5. The van der Waals surface area contributed by atoms with Crippen molar-refractivity contribution in [3.8, 4) is 5.75 Å². The first-order valence-electron chi connectivity index (χ1n) is 5.05. The number of rotatable bonds is 5. The highest BCUT2D eigenvalue weighted by atomic mass is 32.1. The molecule has 0 amide bonds. The van der Waals surface area contributed by atoms with Crippen LogP contribution in [0.15, 0.2) is 11.4 Å². The Morgan fingerprint density at radius 3 is 2.71 bits per heavy atom. The molecule has 0 aliphatic carbocycles. The van der Waals surface area contributed by atoms with E-state index in [-0.39, 0.29) is 0 Å². The molecule has 3 heteroatoms. The molecule has 0 aliphatic heterocycles. The lowest BCUT2D eigenvalue weighted by Gasteiger charge is -2.21. The van der Waals surface area contributed by atoms with Crippen LogP contribution in [0.3, 0.4) is 0 Å². The van der Waals surface area contributed by atoms with Crippen LogP contribution in [0.4, 0.5) is 0 Å². The highest BCUT2D eigenvalue weighted by Crippen LogP contribution is 2.34. The molecule has 0 aromatic carbocycles. The molecule has 1 aromatic heterocycles. The summed E-state index contributed by atoms with van der Waals surface area (Å²) in [6.45, 7) is 7.58. The predicted octanol–water partition coefficient (Wildman–Crippen LogP) is 3.06. The molecule has 0 saturated heterocycles. The zero-order valence-electron chi connectivity index (χ0n) is 9.33. The van der Waals surface area contributed by atoms with Gasteiger partial charge in [0.2, 0.25) is 0 Å². The SMILES string of the molecule is CCNC(c1sccc1OC)C(C)C. The zero-order chi connectivity index (χ0) is 10.6. The van der Waals surface area contributed by atoms with Gasteiger partial charge in [-0.15, -0.1) is 11.3 Å². The number of hydrogen-bond donors (Lipinski definition) is 1. The van der Waals surface area contributed by atoms with Crippen LogP contribution in [0, 0.1) is 5.92 Å². The number of thiophene rings is 1. The third-order valence-corrected chi connectivity index (χ3v) is 3.23. The highest BCUT2D eigenvalue weighted by molar-refractivity contribution is 7.10. The minimum atomic E-state index is 0.412. The van der Waals surface area contributed by atoms with E-state index in [1.165, 1.54) is 4.88 Å². The summed E-state index contributed by atoms with van der Waals surface area (Å²) < 4.78 is 5.33. The van der Waals surface area contributed by atoms with Gasteiger partial charge in [0.25, 0.3) is 0 Å². The monoisotopic (exact) mass is 213 g/mol. The van der Waals surface area contributed by atoms with Gasteiger partial charge >= 0.3 is 0 Å². The second kappa shape index (κ2) is 5.37. The number of hydrogen-bond acceptors (Lipinski definition) is 3. The molecule has 1 unspecified atom stereocenters. The van der Waals surface area contributed by atoms with Crippen LogP contribution in [0.1, 0.15) is 31.7 Å². The lowest BCUT2D eigenvalue weighted by molar-refractivity contribution is 0.380. The van der Waals surface area contributed by atoms with Gasteiger partial charge in [0.1, 0.15) is 5.75 Å². The van der Waals surface area contributed by atoms with E-state index >= 15 is 0 Å². The van der Waals surface area contributed by atoms with Crippen LogP contribution in [0.25, 0.3) is 0 Å². The van der Waals surface area contributed by atoms with Gasteiger partial charge < -0.3 is 10.1 Å². The molecule has 1 aromatic rings. The van der Waals surface area contributed by atoms with E-state index in [1.807, 2.05) is 6.07 Å². The summed E-state index contributed by atoms with van der Waals surface area (Å²) in [5.41, 5.74) is 0. The molecule has 0 radical (unpaired) electrons. The number of ether oxygens (including phenoxy) is 1. The molecule has 1 atom stereocenters. The standard InChI is InChI=1S/C11H19NOS/c1-5-12-10(8(2)3)11-9(13-4)6-7-14-11/h6-8,10,12H,5H2,1-4H3. The fourth-order valence-corrected chi connectivity index (χ4v) is 2.66. The van der Waals surface area contributed by atoms with Crippen molar-refractivity contribution in [1.82, 2.24) is 5.32 Å². The Morgan fingerprint density at radius 1 is 1.50 bits per heavy atom. The maximum atomic E-state index is 5.33. The normalized spacial score (nSPS) is 13.2. The van der Waals surface area contributed by atoms with E-state index in [0.29, 0.717) is 12.0 Å². The zero-order valence-corrected chi connectivity index (χ0v) is 10.1. The summed E-state index contributed by atoms with van der Waals surface area (Å²) in [7, 11) is 1.73. The Hall–Kier alpha value is -0.540. The molecular weight excluding hydrogens is 194 g/mol. The summed E-state index contributed by atoms with van der Waals surface area (Å²) in [6.07, 6.45) is 0. The van der Waals surface area contributed by atoms with E-state index in [2.05, 4.69) is 31.5 Å². The molecular formula is C11H19NOS. The van der Waals surface area contributed by atoms with Gasteiger partial charge in [0.05, 0.1) is 12.0 Å². The fourth-order valence-electron chi connectivity index (χ4n) is 1.56. The molecule has 1 heterocycles. The Balaban J connectivity index is 2.86. The third kappa shape index (κ3) is 2.49. The van der Waals surface area contributed by atoms with Gasteiger partial charge in [-0.1, -0.05) is 20.8 Å². The van der Waals surface area contributed by atoms with Crippen molar-refractivity contribution < 1.29 is 4.74 Å². The summed E-state index contributed by atoms with van der Waals surface area (Å²) in [6, 6.07) is 2.45. The van der Waals surface area contributed by atoms with Crippen LogP contribution < -0.4 is 10.1 Å². The van der Waals surface area contributed by atoms with Crippen LogP contribution >= 0.6 is 11.3 Å². The van der Waals surface area contributed by atoms with Gasteiger partial charge in [0, 0.05) is 6.04 Å². The molecule has 0 saturated carbocycles. The third-order valence-electron chi connectivity index (χ3n) is 2.25. The lowest BCUT2D eigenvalue weighted by atomic mass is 10.0. The molecule has 2 nitrogen and oxygen atoms in total. The largest absolute Gasteiger partial charge is 0.496 e. The van der Waals surface area contributed by atoms with E-state index in [1.54, 1.807) is 18.4 Å². The average molecular weight is 213 g/mol. The van der Waals surface area contributed by atoms with Crippen LogP contribution in [-0.2, 0) is 0 Å². The average Bonchev–Trinajstić information content (AvgIpc) is 2.61. The molecule has 0 bridgehead atoms. The van der Waals surface area contributed by atoms with Crippen molar-refractivity contribution in [3.05, 3.63) is 16.3 Å². The van der Waals surface area contributed by atoms with E-state index < -0.39 is 0 Å². The van der Waals surface area contributed by atoms with Gasteiger partial charge in [0.15, 0.2) is 0 Å². The summed E-state index contributed by atoms with van der Waals surface area (Å²) in [4.78, 5) is 1.31. The van der Waals surface area contributed by atoms with Crippen molar-refractivity contribution in [3.63, 3.8) is 0 Å². The fraction of sp³-hybridized carbons (Fsp3) is 0.636. The molecule has 0 spiro atoms. The lowest BCUT2D eigenvalue weighted by Crippen LogP contribution is -2.24. The Labute approximate surface area is 90.3 Å². The Morgan fingerprint density at radius 2 is 2.21 bits per heavy atom. The molecule has 0 aliphatic rings. The maximum Gasteiger partial charge on any atom is 0.134 e. The van der Waals surface area contributed by atoms with Crippen LogP contribution in [0.5, 0.6) is 5.75 Å². The molecule has 0 fully saturated rings. The molecule has 14 heavy (non-hydrogen) atoms. The van der Waals surface area contributed by atoms with E-state index in [9.17, 15) is 0 Å². The van der Waals surface area contributed by atoms with Gasteiger partial charge in [-0.05, 0) is 23.9 Å². The quantitative estimate of drug-likeness (QED) is 0.811. The van der Waals surface area contributed by atoms with Gasteiger partial charge in [-0.2, -0.15) is 0 Å². The Kier molecular flexibility index (Phi) is 4.42. The van der Waals surface area contributed by atoms with Crippen molar-refractivity contribution in [2.45, 2.75) is 26.8 Å². The maximum absolute atomic E-state index is 5.33. The number of methoxy groups -OCH3 is 1. The highest BCUT2D eigenvalue weighted by Gasteiger charge is 2.19. The van der Waals surface area contributed by atoms with E-state index in [4.69, 9.17) is 4.74 Å². The molecule has 1 rings (SSSR count). The van der Waals surface area contributed by atoms with Crippen molar-refractivity contribution in [2.75, 3.05) is 13.7 Å². The van der Waals surface area contributed by atoms with Crippen molar-refractivity contribution in [1.29, 1.82) is 0 Å². The summed E-state index contributed by atoms with van der Waals surface area (Å²) >= 11 is 1.76.